The van der Waals surface area contributed by atoms with Crippen molar-refractivity contribution >= 4 is 43.7 Å². The summed E-state index contributed by atoms with van der Waals surface area (Å²) in [5.41, 5.74) is 6.00. The lowest BCUT2D eigenvalue weighted by Crippen LogP contribution is -2.43. The molecule has 2 rings (SSSR count). The Labute approximate surface area is 187 Å². The van der Waals surface area contributed by atoms with Crippen LogP contribution in [-0.2, 0) is 4.79 Å². The summed E-state index contributed by atoms with van der Waals surface area (Å²) in [4.78, 5) is 24.1. The van der Waals surface area contributed by atoms with Crippen LogP contribution in [0.1, 0.15) is 36.2 Å². The monoisotopic (exact) mass is 526 g/mol. The van der Waals surface area contributed by atoms with Gasteiger partial charge in [0.2, 0.25) is 0 Å². The number of nitrogens with one attached hydrogen (secondary N) is 2. The van der Waals surface area contributed by atoms with Gasteiger partial charge in [-0.2, -0.15) is 0 Å². The van der Waals surface area contributed by atoms with Crippen LogP contribution in [0.4, 0.5) is 0 Å². The van der Waals surface area contributed by atoms with E-state index in [1.54, 1.807) is 24.3 Å². The first kappa shape index (κ1) is 23.2. The number of hydrogen-bond donors (Lipinski definition) is 2. The van der Waals surface area contributed by atoms with Crippen molar-refractivity contribution in [1.29, 1.82) is 0 Å². The van der Waals surface area contributed by atoms with Crippen LogP contribution in [0.2, 0.25) is 0 Å². The van der Waals surface area contributed by atoms with E-state index in [0.717, 1.165) is 20.9 Å². The lowest BCUT2D eigenvalue weighted by Gasteiger charge is -2.12. The molecule has 0 aliphatic heterocycles. The van der Waals surface area contributed by atoms with Crippen LogP contribution < -0.4 is 20.3 Å². The third-order valence-electron chi connectivity index (χ3n) is 3.94. The number of hydrogen-bond acceptors (Lipinski definition) is 4. The highest BCUT2D eigenvalue weighted by Gasteiger charge is 2.11. The fourth-order valence-electron chi connectivity index (χ4n) is 2.36. The summed E-state index contributed by atoms with van der Waals surface area (Å²) in [7, 11) is 0. The topological polar surface area (TPSA) is 76.7 Å². The molecule has 0 heterocycles. The van der Waals surface area contributed by atoms with Crippen LogP contribution in [0.15, 0.2) is 45.3 Å². The summed E-state index contributed by atoms with van der Waals surface area (Å²) in [5, 5.41) is 0. The Balaban J connectivity index is 1.79. The van der Waals surface area contributed by atoms with Gasteiger partial charge >= 0.3 is 0 Å². The molecule has 0 atom stereocenters. The second kappa shape index (κ2) is 11.2. The summed E-state index contributed by atoms with van der Waals surface area (Å²) < 4.78 is 12.8. The highest BCUT2D eigenvalue weighted by molar-refractivity contribution is 9.11. The van der Waals surface area contributed by atoms with Gasteiger partial charge in [-0.15, -0.1) is 0 Å². The Morgan fingerprint density at radius 1 is 1.03 bits per heavy atom. The van der Waals surface area contributed by atoms with E-state index in [9.17, 15) is 9.59 Å². The van der Waals surface area contributed by atoms with Crippen molar-refractivity contribution in [2.24, 2.45) is 5.92 Å². The second-order valence-corrected chi connectivity index (χ2v) is 8.65. The van der Waals surface area contributed by atoms with Crippen molar-refractivity contribution in [3.63, 3.8) is 0 Å². The number of amides is 2. The smallest absolute Gasteiger partial charge is 0.276 e. The maximum Gasteiger partial charge on any atom is 0.276 e. The number of ether oxygens (including phenoxy) is 2. The lowest BCUT2D eigenvalue weighted by molar-refractivity contribution is -0.123. The summed E-state index contributed by atoms with van der Waals surface area (Å²) in [6.07, 6.45) is 0.965. The van der Waals surface area contributed by atoms with Gasteiger partial charge < -0.3 is 9.47 Å². The fourth-order valence-corrected chi connectivity index (χ4v) is 3.91. The van der Waals surface area contributed by atoms with Crippen LogP contribution in [-0.4, -0.2) is 25.0 Å². The number of benzene rings is 2. The minimum Gasteiger partial charge on any atom is -0.494 e. The average molecular weight is 528 g/mol. The van der Waals surface area contributed by atoms with Gasteiger partial charge in [0, 0.05) is 10.0 Å². The SMILES string of the molecule is Cc1cc(Br)cc(Br)c1OCC(=O)NNC(=O)c1ccc(OCCC(C)C)cc1. The van der Waals surface area contributed by atoms with Gasteiger partial charge in [0.1, 0.15) is 11.5 Å². The Morgan fingerprint density at radius 2 is 1.72 bits per heavy atom. The average Bonchev–Trinajstić information content (AvgIpc) is 2.65. The van der Waals surface area contributed by atoms with Gasteiger partial charge in [-0.05, 0) is 77.2 Å². The zero-order chi connectivity index (χ0) is 21.4. The highest BCUT2D eigenvalue weighted by Crippen LogP contribution is 2.32. The number of halogens is 2. The summed E-state index contributed by atoms with van der Waals surface area (Å²) in [6, 6.07) is 10.5. The summed E-state index contributed by atoms with van der Waals surface area (Å²) in [6.45, 7) is 6.54. The number of carbonyl (C=O) groups excluding carboxylic acids is 2. The van der Waals surface area contributed by atoms with E-state index in [0.29, 0.717) is 29.6 Å². The zero-order valence-electron chi connectivity index (χ0n) is 16.6. The van der Waals surface area contributed by atoms with E-state index in [1.807, 2.05) is 19.1 Å². The molecule has 2 aromatic carbocycles. The maximum absolute atomic E-state index is 12.2. The van der Waals surface area contributed by atoms with Crippen LogP contribution in [0, 0.1) is 12.8 Å². The Hall–Kier alpha value is -2.06. The largest absolute Gasteiger partial charge is 0.494 e. The molecule has 0 unspecified atom stereocenters. The van der Waals surface area contributed by atoms with Gasteiger partial charge in [0.15, 0.2) is 6.61 Å². The van der Waals surface area contributed by atoms with Gasteiger partial charge in [0.25, 0.3) is 11.8 Å². The number of aryl methyl sites for hydroxylation is 1. The van der Waals surface area contributed by atoms with Crippen LogP contribution in [0.5, 0.6) is 11.5 Å². The number of hydrazine groups is 1. The van der Waals surface area contributed by atoms with Crippen molar-refractivity contribution in [2.45, 2.75) is 27.2 Å². The molecule has 0 saturated carbocycles. The molecule has 0 saturated heterocycles. The van der Waals surface area contributed by atoms with Gasteiger partial charge in [0.05, 0.1) is 11.1 Å². The fraction of sp³-hybridized carbons (Fsp3) is 0.333. The minimum atomic E-state index is -0.471. The molecule has 2 N–H and O–H groups in total. The molecule has 0 fully saturated rings. The van der Waals surface area contributed by atoms with Gasteiger partial charge in [-0.1, -0.05) is 29.8 Å². The molecule has 2 amide bonds. The Morgan fingerprint density at radius 3 is 2.34 bits per heavy atom. The van der Waals surface area contributed by atoms with Crippen molar-refractivity contribution < 1.29 is 19.1 Å². The highest BCUT2D eigenvalue weighted by atomic mass is 79.9. The van der Waals surface area contributed by atoms with E-state index in [1.165, 1.54) is 0 Å². The number of carbonyl (C=O) groups is 2. The normalized spacial score (nSPS) is 10.6. The van der Waals surface area contributed by atoms with E-state index < -0.39 is 11.8 Å². The predicted octanol–water partition coefficient (Wildman–Crippen LogP) is 4.78. The van der Waals surface area contributed by atoms with Crippen LogP contribution in [0.3, 0.4) is 0 Å². The van der Waals surface area contributed by atoms with E-state index in [4.69, 9.17) is 9.47 Å². The molecule has 0 radical (unpaired) electrons. The molecule has 0 bridgehead atoms. The first-order valence-corrected chi connectivity index (χ1v) is 10.8. The van der Waals surface area contributed by atoms with E-state index in [2.05, 4.69) is 56.6 Å². The third-order valence-corrected chi connectivity index (χ3v) is 4.98. The second-order valence-electron chi connectivity index (χ2n) is 6.88. The van der Waals surface area contributed by atoms with Crippen molar-refractivity contribution in [2.75, 3.05) is 13.2 Å². The quantitative estimate of drug-likeness (QED) is 0.484. The molecule has 156 valence electrons. The first-order valence-electron chi connectivity index (χ1n) is 9.16. The van der Waals surface area contributed by atoms with E-state index in [-0.39, 0.29) is 6.61 Å². The molecule has 0 aliphatic rings. The van der Waals surface area contributed by atoms with Gasteiger partial charge in [-0.3, -0.25) is 20.4 Å². The molecule has 8 heteroatoms. The molecular formula is C21H24Br2N2O4. The third kappa shape index (κ3) is 7.70. The minimum absolute atomic E-state index is 0.232. The first-order chi connectivity index (χ1) is 13.8. The molecular weight excluding hydrogens is 504 g/mol. The Bertz CT molecular complexity index is 831. The maximum atomic E-state index is 12.2. The van der Waals surface area contributed by atoms with Crippen LogP contribution in [0.25, 0.3) is 0 Å². The summed E-state index contributed by atoms with van der Waals surface area (Å²) >= 11 is 6.79. The molecule has 0 spiro atoms. The molecule has 6 nitrogen and oxygen atoms in total. The molecule has 29 heavy (non-hydrogen) atoms. The van der Waals surface area contributed by atoms with Crippen molar-refractivity contribution in [3.8, 4) is 11.5 Å². The van der Waals surface area contributed by atoms with Crippen molar-refractivity contribution in [3.05, 3.63) is 56.5 Å². The Kier molecular flexibility index (Phi) is 8.98. The molecule has 0 aromatic heterocycles. The standard InChI is InChI=1S/C21H24Br2N2O4/c1-13(2)8-9-28-17-6-4-15(5-7-17)21(27)25-24-19(26)12-29-20-14(3)10-16(22)11-18(20)23/h4-7,10-11,13H,8-9,12H2,1-3H3,(H,24,26)(H,25,27). The van der Waals surface area contributed by atoms with Crippen molar-refractivity contribution in [1.82, 2.24) is 10.9 Å². The van der Waals surface area contributed by atoms with Crippen LogP contribution >= 0.6 is 31.9 Å². The van der Waals surface area contributed by atoms with E-state index >= 15 is 0 Å². The summed E-state index contributed by atoms with van der Waals surface area (Å²) in [5.74, 6) is 0.952. The predicted molar refractivity (Wildman–Crippen MR) is 119 cm³/mol. The van der Waals surface area contributed by atoms with Gasteiger partial charge in [-0.25, -0.2) is 0 Å². The zero-order valence-corrected chi connectivity index (χ0v) is 19.7. The molecule has 2 aromatic rings. The lowest BCUT2D eigenvalue weighted by atomic mass is 10.1. The number of rotatable bonds is 8. The molecule has 0 aliphatic carbocycles.